The molecule has 1 heterocycles. The summed E-state index contributed by atoms with van der Waals surface area (Å²) < 4.78 is 5.53. The molecule has 6 N–H and O–H groups in total. The molecule has 2 saturated carbocycles. The number of carbonyl (C=O) groups is 2. The molecule has 0 aromatic heterocycles. The quantitative estimate of drug-likeness (QED) is 0.288. The minimum atomic E-state index is -1.27. The molecule has 174 valence electrons. The third-order valence-electron chi connectivity index (χ3n) is 7.48. The van der Waals surface area contributed by atoms with Crippen LogP contribution in [-0.4, -0.2) is 54.2 Å². The SMILES string of the molecule is NCCCCN[C@H]1CC[C@H](C2(C(=O)N[C@H]3Cc4cccc(C(=O)O)c4OB3O)CC2)CC1. The molecule has 4 rings (SSSR count). The zero-order valence-corrected chi connectivity index (χ0v) is 18.5. The monoisotopic (exact) mass is 443 g/mol. The van der Waals surface area contributed by atoms with E-state index in [0.29, 0.717) is 23.9 Å². The van der Waals surface area contributed by atoms with Gasteiger partial charge in [-0.1, -0.05) is 12.1 Å². The molecular formula is C23H34BN3O5. The number of nitrogens with two attached hydrogens (primary N) is 1. The average molecular weight is 443 g/mol. The van der Waals surface area contributed by atoms with Crippen LogP contribution in [0, 0.1) is 11.3 Å². The van der Waals surface area contributed by atoms with E-state index in [4.69, 9.17) is 10.4 Å². The fourth-order valence-corrected chi connectivity index (χ4v) is 5.41. The highest BCUT2D eigenvalue weighted by molar-refractivity contribution is 6.47. The summed E-state index contributed by atoms with van der Waals surface area (Å²) in [7, 11) is -1.27. The Bertz CT molecular complexity index is 839. The van der Waals surface area contributed by atoms with Gasteiger partial charge in [0.05, 0.1) is 16.9 Å². The van der Waals surface area contributed by atoms with Gasteiger partial charge in [-0.05, 0) is 88.4 Å². The molecule has 0 bridgehead atoms. The molecule has 1 aliphatic heterocycles. The van der Waals surface area contributed by atoms with Crippen molar-refractivity contribution >= 4 is 19.0 Å². The predicted octanol–water partition coefficient (Wildman–Crippen LogP) is 1.49. The van der Waals surface area contributed by atoms with Crippen molar-refractivity contribution in [3.8, 4) is 5.75 Å². The maximum Gasteiger partial charge on any atom is 0.547 e. The Morgan fingerprint density at radius 3 is 2.59 bits per heavy atom. The van der Waals surface area contributed by atoms with Crippen molar-refractivity contribution in [2.75, 3.05) is 13.1 Å². The van der Waals surface area contributed by atoms with E-state index in [0.717, 1.165) is 64.5 Å². The zero-order valence-electron chi connectivity index (χ0n) is 18.5. The second kappa shape index (κ2) is 9.81. The summed E-state index contributed by atoms with van der Waals surface area (Å²) in [5.41, 5.74) is 5.94. The van der Waals surface area contributed by atoms with Crippen LogP contribution in [-0.2, 0) is 11.2 Å². The Morgan fingerprint density at radius 1 is 1.19 bits per heavy atom. The Morgan fingerprint density at radius 2 is 1.94 bits per heavy atom. The summed E-state index contributed by atoms with van der Waals surface area (Å²) in [5.74, 6) is -1.12. The molecule has 2 fully saturated rings. The van der Waals surface area contributed by atoms with E-state index in [9.17, 15) is 19.7 Å². The van der Waals surface area contributed by atoms with E-state index in [1.165, 1.54) is 6.07 Å². The zero-order chi connectivity index (χ0) is 22.7. The molecule has 0 spiro atoms. The van der Waals surface area contributed by atoms with Gasteiger partial charge in [-0.25, -0.2) is 4.79 Å². The van der Waals surface area contributed by atoms with Crippen molar-refractivity contribution in [1.29, 1.82) is 0 Å². The van der Waals surface area contributed by atoms with Crippen molar-refractivity contribution in [2.45, 2.75) is 69.8 Å². The number of rotatable bonds is 9. The number of nitrogens with one attached hydrogen (secondary N) is 2. The summed E-state index contributed by atoms with van der Waals surface area (Å²) in [4.78, 5) is 24.7. The molecule has 0 radical (unpaired) electrons. The number of amides is 1. The number of benzene rings is 1. The van der Waals surface area contributed by atoms with E-state index >= 15 is 0 Å². The van der Waals surface area contributed by atoms with Gasteiger partial charge in [0.1, 0.15) is 5.75 Å². The molecule has 1 aromatic carbocycles. The molecule has 1 aromatic rings. The van der Waals surface area contributed by atoms with Crippen LogP contribution in [0.5, 0.6) is 5.75 Å². The van der Waals surface area contributed by atoms with Gasteiger partial charge in [0.15, 0.2) is 0 Å². The van der Waals surface area contributed by atoms with E-state index < -0.39 is 19.0 Å². The molecule has 0 unspecified atom stereocenters. The Hall–Kier alpha value is -2.10. The first-order valence-corrected chi connectivity index (χ1v) is 11.9. The van der Waals surface area contributed by atoms with Gasteiger partial charge in [-0.2, -0.15) is 0 Å². The van der Waals surface area contributed by atoms with E-state index in [2.05, 4.69) is 10.6 Å². The number of carbonyl (C=O) groups excluding carboxylic acids is 1. The second-order valence-electron chi connectivity index (χ2n) is 9.55. The van der Waals surface area contributed by atoms with Gasteiger partial charge in [-0.15, -0.1) is 0 Å². The molecular weight excluding hydrogens is 409 g/mol. The van der Waals surface area contributed by atoms with E-state index in [-0.39, 0.29) is 22.6 Å². The van der Waals surface area contributed by atoms with Gasteiger partial charge in [0.25, 0.3) is 0 Å². The number of para-hydroxylation sites is 1. The van der Waals surface area contributed by atoms with Crippen molar-refractivity contribution in [1.82, 2.24) is 10.6 Å². The minimum absolute atomic E-state index is 0.00217. The summed E-state index contributed by atoms with van der Waals surface area (Å²) >= 11 is 0. The highest BCUT2D eigenvalue weighted by Crippen LogP contribution is 2.56. The van der Waals surface area contributed by atoms with Gasteiger partial charge >= 0.3 is 13.1 Å². The Labute approximate surface area is 189 Å². The number of hydrogen-bond donors (Lipinski definition) is 5. The van der Waals surface area contributed by atoms with Gasteiger partial charge in [-0.3, -0.25) is 4.79 Å². The number of unbranched alkanes of at least 4 members (excludes halogenated alkanes) is 1. The number of fused-ring (bicyclic) bond motifs is 1. The van der Waals surface area contributed by atoms with E-state index in [1.807, 2.05) is 0 Å². The lowest BCUT2D eigenvalue weighted by Crippen LogP contribution is -2.55. The number of hydrogen-bond acceptors (Lipinski definition) is 6. The fourth-order valence-electron chi connectivity index (χ4n) is 5.41. The molecule has 32 heavy (non-hydrogen) atoms. The fraction of sp³-hybridized carbons (Fsp3) is 0.652. The molecule has 1 amide bonds. The molecule has 1 atom stereocenters. The summed E-state index contributed by atoms with van der Waals surface area (Å²) in [5, 5.41) is 26.5. The van der Waals surface area contributed by atoms with E-state index in [1.54, 1.807) is 12.1 Å². The molecule has 2 aliphatic carbocycles. The maximum absolute atomic E-state index is 13.3. The largest absolute Gasteiger partial charge is 0.547 e. The highest BCUT2D eigenvalue weighted by atomic mass is 16.5. The van der Waals surface area contributed by atoms with Gasteiger partial charge < -0.3 is 31.2 Å². The van der Waals surface area contributed by atoms with Crippen molar-refractivity contribution in [2.24, 2.45) is 17.1 Å². The smallest absolute Gasteiger partial charge is 0.534 e. The van der Waals surface area contributed by atoms with Crippen molar-refractivity contribution in [3.63, 3.8) is 0 Å². The number of carboxylic acid groups (broad SMARTS) is 1. The summed E-state index contributed by atoms with van der Waals surface area (Å²) in [6.07, 6.45) is 8.52. The van der Waals surface area contributed by atoms with Crippen LogP contribution in [0.25, 0.3) is 0 Å². The van der Waals surface area contributed by atoms with Crippen LogP contribution in [0.4, 0.5) is 0 Å². The first-order valence-electron chi connectivity index (χ1n) is 11.9. The van der Waals surface area contributed by atoms with Crippen molar-refractivity contribution < 1.29 is 24.4 Å². The second-order valence-corrected chi connectivity index (χ2v) is 9.55. The third-order valence-corrected chi connectivity index (χ3v) is 7.48. The van der Waals surface area contributed by atoms with Crippen LogP contribution >= 0.6 is 0 Å². The maximum atomic E-state index is 13.3. The Balaban J connectivity index is 1.32. The highest BCUT2D eigenvalue weighted by Gasteiger charge is 2.56. The number of carboxylic acids is 1. The van der Waals surface area contributed by atoms with Crippen LogP contribution in [0.15, 0.2) is 18.2 Å². The van der Waals surface area contributed by atoms with Crippen LogP contribution in [0.3, 0.4) is 0 Å². The molecule has 8 nitrogen and oxygen atoms in total. The summed E-state index contributed by atoms with van der Waals surface area (Å²) in [6, 6.07) is 5.42. The van der Waals surface area contributed by atoms with Crippen molar-refractivity contribution in [3.05, 3.63) is 29.3 Å². The topological polar surface area (TPSA) is 134 Å². The molecule has 9 heteroatoms. The lowest BCUT2D eigenvalue weighted by molar-refractivity contribution is -0.129. The average Bonchev–Trinajstić information content (AvgIpc) is 3.59. The lowest BCUT2D eigenvalue weighted by atomic mass is 9.71. The van der Waals surface area contributed by atoms with Gasteiger partial charge in [0.2, 0.25) is 5.91 Å². The Kier molecular flexibility index (Phi) is 7.07. The third kappa shape index (κ3) is 4.80. The first-order chi connectivity index (χ1) is 15.4. The van der Waals surface area contributed by atoms with Crippen LogP contribution in [0.2, 0.25) is 0 Å². The summed E-state index contributed by atoms with van der Waals surface area (Å²) in [6.45, 7) is 1.74. The molecule has 3 aliphatic rings. The first kappa shape index (κ1) is 23.1. The van der Waals surface area contributed by atoms with Crippen LogP contribution < -0.4 is 21.0 Å². The standard InChI is InChI=1S/C23H34BN3O5/c25-12-1-2-13-26-17-8-6-16(7-9-17)23(10-11-23)22(30)27-19-14-15-4-3-5-18(21(28)29)20(15)32-24(19)31/h3-5,16-17,19,26,31H,1-2,6-14,25H2,(H,27,30)(H,28,29)/t16-,17-,19-/m0/s1. The number of aromatic carboxylic acids is 1. The molecule has 0 saturated heterocycles. The normalized spacial score (nSPS) is 26.1. The van der Waals surface area contributed by atoms with Crippen LogP contribution in [0.1, 0.15) is 67.3 Å². The van der Waals surface area contributed by atoms with Gasteiger partial charge in [0, 0.05) is 6.04 Å². The minimum Gasteiger partial charge on any atom is -0.534 e. The lowest BCUT2D eigenvalue weighted by Gasteiger charge is -2.35. The predicted molar refractivity (Wildman–Crippen MR) is 121 cm³/mol.